The van der Waals surface area contributed by atoms with Crippen LogP contribution in [0.2, 0.25) is 0 Å². The molecule has 0 spiro atoms. The van der Waals surface area contributed by atoms with Gasteiger partial charge >= 0.3 is 0 Å². The molecule has 0 unspecified atom stereocenters. The fourth-order valence-electron chi connectivity index (χ4n) is 2.77. The van der Waals surface area contributed by atoms with Crippen LogP contribution in [0.25, 0.3) is 10.8 Å². The Morgan fingerprint density at radius 1 is 1.27 bits per heavy atom. The molecule has 0 aromatic heterocycles. The van der Waals surface area contributed by atoms with Gasteiger partial charge in [0.2, 0.25) is 0 Å². The zero-order valence-electron chi connectivity index (χ0n) is 14.7. The van der Waals surface area contributed by atoms with Gasteiger partial charge in [0, 0.05) is 13.2 Å². The molecular weight excluding hydrogens is 350 g/mol. The van der Waals surface area contributed by atoms with Crippen LogP contribution in [-0.4, -0.2) is 36.4 Å². The molecule has 3 rings (SSSR count). The summed E-state index contributed by atoms with van der Waals surface area (Å²) in [6, 6.07) is 13.7. The molecule has 1 saturated heterocycles. The highest BCUT2D eigenvalue weighted by molar-refractivity contribution is 7.80. The first-order valence-corrected chi connectivity index (χ1v) is 9.13. The van der Waals surface area contributed by atoms with Crippen molar-refractivity contribution >= 4 is 34.0 Å². The molecule has 138 valence electrons. The number of carbonyl (C=O) groups excluding carboxylic acids is 1. The summed E-state index contributed by atoms with van der Waals surface area (Å²) in [6.07, 6.45) is 1.62. The monoisotopic (exact) mass is 373 g/mol. The topological polar surface area (TPSA) is 71.6 Å². The summed E-state index contributed by atoms with van der Waals surface area (Å²) >= 11 is 5.14. The van der Waals surface area contributed by atoms with Gasteiger partial charge in [-0.2, -0.15) is 0 Å². The van der Waals surface area contributed by atoms with Crippen LogP contribution in [0.1, 0.15) is 19.8 Å². The summed E-state index contributed by atoms with van der Waals surface area (Å²) in [5.74, 6) is 0.338. The van der Waals surface area contributed by atoms with Gasteiger partial charge in [-0.1, -0.05) is 30.3 Å². The summed E-state index contributed by atoms with van der Waals surface area (Å²) in [6.45, 7) is 3.12. The quantitative estimate of drug-likeness (QED) is 0.552. The zero-order chi connectivity index (χ0) is 18.4. The number of hydrazine groups is 1. The van der Waals surface area contributed by atoms with Crippen LogP contribution in [0.5, 0.6) is 5.75 Å². The molecule has 0 bridgehead atoms. The van der Waals surface area contributed by atoms with Gasteiger partial charge in [-0.15, -0.1) is 0 Å². The highest BCUT2D eigenvalue weighted by atomic mass is 32.1. The number of fused-ring (bicyclic) bond motifs is 1. The number of hydrogen-bond acceptors (Lipinski definition) is 4. The maximum atomic E-state index is 12.2. The molecule has 0 radical (unpaired) electrons. The second kappa shape index (κ2) is 8.82. The van der Waals surface area contributed by atoms with Gasteiger partial charge in [-0.3, -0.25) is 15.6 Å². The van der Waals surface area contributed by atoms with Gasteiger partial charge < -0.3 is 14.8 Å². The van der Waals surface area contributed by atoms with Gasteiger partial charge in [0.15, 0.2) is 11.2 Å². The SMILES string of the molecule is C[C@@H](Oc1ccc2ccccc2c1)C(=O)NNC(=S)NC[C@H]1CCCO1. The Hall–Kier alpha value is -2.38. The Balaban J connectivity index is 1.43. The molecule has 1 aliphatic heterocycles. The number of benzene rings is 2. The van der Waals surface area contributed by atoms with Crippen molar-refractivity contribution in [2.24, 2.45) is 0 Å². The first-order chi connectivity index (χ1) is 12.6. The number of hydrogen-bond donors (Lipinski definition) is 3. The van der Waals surface area contributed by atoms with E-state index in [9.17, 15) is 4.79 Å². The standard InChI is InChI=1S/C19H23N3O3S/c1-13(25-16-9-8-14-5-2-3-6-15(14)11-16)18(23)21-22-19(26)20-12-17-7-4-10-24-17/h2-3,5-6,8-9,11,13,17H,4,7,10,12H2,1H3,(H,21,23)(H2,20,22,26)/t13-,17-/m1/s1. The van der Waals surface area contributed by atoms with Gasteiger partial charge in [0.1, 0.15) is 5.75 Å². The Morgan fingerprint density at radius 2 is 2.08 bits per heavy atom. The van der Waals surface area contributed by atoms with Crippen molar-refractivity contribution < 1.29 is 14.3 Å². The molecule has 1 heterocycles. The normalized spacial score (nSPS) is 17.5. The van der Waals surface area contributed by atoms with E-state index in [2.05, 4.69) is 16.2 Å². The minimum Gasteiger partial charge on any atom is -0.481 e. The third kappa shape index (κ3) is 5.06. The maximum Gasteiger partial charge on any atom is 0.279 e. The van der Waals surface area contributed by atoms with Crippen molar-refractivity contribution in [1.82, 2.24) is 16.2 Å². The summed E-state index contributed by atoms with van der Waals surface area (Å²) in [7, 11) is 0. The van der Waals surface area contributed by atoms with E-state index in [0.717, 1.165) is 30.2 Å². The van der Waals surface area contributed by atoms with E-state index in [0.29, 0.717) is 17.4 Å². The van der Waals surface area contributed by atoms with E-state index < -0.39 is 6.10 Å². The lowest BCUT2D eigenvalue weighted by Crippen LogP contribution is -2.51. The predicted molar refractivity (Wildman–Crippen MR) is 105 cm³/mol. The van der Waals surface area contributed by atoms with E-state index in [1.54, 1.807) is 6.92 Å². The minimum absolute atomic E-state index is 0.181. The van der Waals surface area contributed by atoms with Gasteiger partial charge in [0.25, 0.3) is 5.91 Å². The first kappa shape index (κ1) is 18.4. The van der Waals surface area contributed by atoms with Crippen molar-refractivity contribution in [3.05, 3.63) is 42.5 Å². The van der Waals surface area contributed by atoms with Gasteiger partial charge in [0.05, 0.1) is 6.10 Å². The fourth-order valence-corrected chi connectivity index (χ4v) is 2.91. The smallest absolute Gasteiger partial charge is 0.279 e. The molecule has 1 amide bonds. The molecule has 3 N–H and O–H groups in total. The van der Waals surface area contributed by atoms with Crippen LogP contribution in [0.15, 0.2) is 42.5 Å². The van der Waals surface area contributed by atoms with Crippen LogP contribution in [0.4, 0.5) is 0 Å². The molecule has 2 atom stereocenters. The summed E-state index contributed by atoms with van der Waals surface area (Å²) in [5.41, 5.74) is 5.24. The van der Waals surface area contributed by atoms with Crippen LogP contribution in [0, 0.1) is 0 Å². The molecule has 0 saturated carbocycles. The minimum atomic E-state index is -0.662. The number of thiocarbonyl (C=S) groups is 1. The second-order valence-electron chi connectivity index (χ2n) is 6.23. The van der Waals surface area contributed by atoms with Crippen LogP contribution in [-0.2, 0) is 9.53 Å². The van der Waals surface area contributed by atoms with Crippen LogP contribution >= 0.6 is 12.2 Å². The van der Waals surface area contributed by atoms with E-state index in [4.69, 9.17) is 21.7 Å². The molecule has 1 fully saturated rings. The lowest BCUT2D eigenvalue weighted by Gasteiger charge is -2.17. The van der Waals surface area contributed by atoms with E-state index in [-0.39, 0.29) is 12.0 Å². The Morgan fingerprint density at radius 3 is 2.85 bits per heavy atom. The van der Waals surface area contributed by atoms with Gasteiger partial charge in [-0.05, 0) is 54.9 Å². The van der Waals surface area contributed by atoms with E-state index >= 15 is 0 Å². The first-order valence-electron chi connectivity index (χ1n) is 8.72. The molecule has 2 aromatic carbocycles. The van der Waals surface area contributed by atoms with Gasteiger partial charge in [-0.25, -0.2) is 0 Å². The molecule has 0 aliphatic carbocycles. The van der Waals surface area contributed by atoms with Crippen molar-refractivity contribution in [2.75, 3.05) is 13.2 Å². The highest BCUT2D eigenvalue weighted by Gasteiger charge is 2.17. The second-order valence-corrected chi connectivity index (χ2v) is 6.64. The molecular formula is C19H23N3O3S. The third-order valence-corrected chi connectivity index (χ3v) is 4.46. The Kier molecular flexibility index (Phi) is 6.25. The number of rotatable bonds is 5. The highest BCUT2D eigenvalue weighted by Crippen LogP contribution is 2.21. The molecule has 26 heavy (non-hydrogen) atoms. The number of nitrogens with one attached hydrogen (secondary N) is 3. The van der Waals surface area contributed by atoms with E-state index in [1.165, 1.54) is 0 Å². The summed E-state index contributed by atoms with van der Waals surface area (Å²) in [5, 5.41) is 5.57. The third-order valence-electron chi connectivity index (χ3n) is 4.22. The number of carbonyl (C=O) groups is 1. The zero-order valence-corrected chi connectivity index (χ0v) is 15.5. The number of amides is 1. The molecule has 6 nitrogen and oxygen atoms in total. The summed E-state index contributed by atoms with van der Waals surface area (Å²) < 4.78 is 11.2. The average Bonchev–Trinajstić information content (AvgIpc) is 3.18. The molecule has 1 aliphatic rings. The maximum absolute atomic E-state index is 12.2. The number of ether oxygens (including phenoxy) is 2. The predicted octanol–water partition coefficient (Wildman–Crippen LogP) is 2.28. The van der Waals surface area contributed by atoms with Crippen molar-refractivity contribution in [3.8, 4) is 5.75 Å². The summed E-state index contributed by atoms with van der Waals surface area (Å²) in [4.78, 5) is 12.2. The molecule has 7 heteroatoms. The Labute approximate surface area is 158 Å². The van der Waals surface area contributed by atoms with Crippen molar-refractivity contribution in [2.45, 2.75) is 32.0 Å². The van der Waals surface area contributed by atoms with Crippen molar-refractivity contribution in [3.63, 3.8) is 0 Å². The average molecular weight is 373 g/mol. The largest absolute Gasteiger partial charge is 0.481 e. The molecule has 2 aromatic rings. The van der Waals surface area contributed by atoms with Crippen LogP contribution in [0.3, 0.4) is 0 Å². The van der Waals surface area contributed by atoms with Crippen molar-refractivity contribution in [1.29, 1.82) is 0 Å². The van der Waals surface area contributed by atoms with E-state index in [1.807, 2.05) is 42.5 Å². The Bertz CT molecular complexity index is 777. The van der Waals surface area contributed by atoms with Crippen LogP contribution < -0.4 is 20.9 Å². The fraction of sp³-hybridized carbons (Fsp3) is 0.368. The lowest BCUT2D eigenvalue weighted by atomic mass is 10.1. The lowest BCUT2D eigenvalue weighted by molar-refractivity contribution is -0.127.